The van der Waals surface area contributed by atoms with Crippen LogP contribution in [0.2, 0.25) is 0 Å². The van der Waals surface area contributed by atoms with E-state index in [1.807, 2.05) is 30.3 Å². The van der Waals surface area contributed by atoms with Crippen molar-refractivity contribution in [3.63, 3.8) is 0 Å². The molecule has 2 heterocycles. The topological polar surface area (TPSA) is 84.9 Å². The van der Waals surface area contributed by atoms with Gasteiger partial charge in [-0.3, -0.25) is 19.3 Å². The molecule has 0 saturated carbocycles. The van der Waals surface area contributed by atoms with E-state index < -0.39 is 10.8 Å². The maximum atomic E-state index is 13.8. The number of Topliss-reactive ketones (excluding diaryl/α,β-unsaturated/α-hetero) is 1. The van der Waals surface area contributed by atoms with E-state index in [1.165, 1.54) is 19.8 Å². The van der Waals surface area contributed by atoms with Crippen LogP contribution in [0, 0.1) is 5.41 Å². The average molecular weight is 503 g/mol. The lowest BCUT2D eigenvalue weighted by atomic mass is 9.54. The number of nitrogens with zero attached hydrogens (tertiary/aromatic N) is 1. The molecular weight excluding hydrogens is 468 g/mol. The number of rotatable bonds is 8. The number of fused-ring (bicyclic) bond motifs is 1. The lowest BCUT2D eigenvalue weighted by Crippen LogP contribution is -2.59. The zero-order valence-corrected chi connectivity index (χ0v) is 21.7. The third-order valence-corrected chi connectivity index (χ3v) is 8.66. The first-order valence-corrected chi connectivity index (χ1v) is 12.9. The molecule has 0 radical (unpaired) electrons. The first-order valence-electron chi connectivity index (χ1n) is 12.9. The standard InChI is InChI=1S/C30H34N2O5/c1-20(33)29(14-13-25(34)36-2)18-22(17-26(35)37-3)27-30(23-11-7-8-12-24(23)31-27)15-16-32(28(29)30)19-21-9-5-4-6-10-21/h4-12,28,31H,13-19H2,1-3H3/t28-,29-,30-/m1/s1. The van der Waals surface area contributed by atoms with E-state index in [4.69, 9.17) is 9.47 Å². The zero-order chi connectivity index (χ0) is 26.2. The summed E-state index contributed by atoms with van der Waals surface area (Å²) < 4.78 is 10.0. The number of ketones is 1. The molecule has 1 spiro atoms. The van der Waals surface area contributed by atoms with Crippen LogP contribution in [0.15, 0.2) is 65.9 Å². The second kappa shape index (κ2) is 9.78. The van der Waals surface area contributed by atoms with E-state index in [9.17, 15) is 14.4 Å². The smallest absolute Gasteiger partial charge is 0.309 e. The molecule has 1 aliphatic carbocycles. The van der Waals surface area contributed by atoms with Gasteiger partial charge in [-0.2, -0.15) is 0 Å². The Kier molecular flexibility index (Phi) is 6.67. The van der Waals surface area contributed by atoms with Crippen molar-refractivity contribution in [2.24, 2.45) is 5.41 Å². The summed E-state index contributed by atoms with van der Waals surface area (Å²) in [6.07, 6.45) is 1.79. The number of para-hydroxylation sites is 1. The van der Waals surface area contributed by atoms with Crippen molar-refractivity contribution in [1.29, 1.82) is 0 Å². The van der Waals surface area contributed by atoms with Crippen molar-refractivity contribution in [3.8, 4) is 0 Å². The Morgan fingerprint density at radius 2 is 1.70 bits per heavy atom. The molecular formula is C30H34N2O5. The van der Waals surface area contributed by atoms with Crippen molar-refractivity contribution in [2.75, 3.05) is 26.1 Å². The lowest BCUT2D eigenvalue weighted by Gasteiger charge is -2.52. The predicted octanol–water partition coefficient (Wildman–Crippen LogP) is 4.37. The summed E-state index contributed by atoms with van der Waals surface area (Å²) in [6, 6.07) is 18.3. The van der Waals surface area contributed by atoms with E-state index in [0.717, 1.165) is 35.5 Å². The van der Waals surface area contributed by atoms with Crippen LogP contribution < -0.4 is 5.32 Å². The van der Waals surface area contributed by atoms with E-state index in [2.05, 4.69) is 34.5 Å². The molecule has 194 valence electrons. The molecule has 0 unspecified atom stereocenters. The highest BCUT2D eigenvalue weighted by Crippen LogP contribution is 2.64. The molecule has 3 atom stereocenters. The fourth-order valence-electron chi connectivity index (χ4n) is 7.12. The summed E-state index contributed by atoms with van der Waals surface area (Å²) in [4.78, 5) is 41.2. The summed E-state index contributed by atoms with van der Waals surface area (Å²) in [5.41, 5.74) is 3.89. The second-order valence-corrected chi connectivity index (χ2v) is 10.4. The molecule has 3 aliphatic rings. The molecule has 1 N–H and O–H groups in total. The lowest BCUT2D eigenvalue weighted by molar-refractivity contribution is -0.144. The Bertz CT molecular complexity index is 1260. The summed E-state index contributed by atoms with van der Waals surface area (Å²) in [5, 5.41) is 3.66. The maximum absolute atomic E-state index is 13.8. The minimum absolute atomic E-state index is 0.0338. The molecule has 2 aromatic carbocycles. The number of benzene rings is 2. The van der Waals surface area contributed by atoms with Gasteiger partial charge in [-0.1, -0.05) is 48.5 Å². The molecule has 1 saturated heterocycles. The molecule has 5 rings (SSSR count). The summed E-state index contributed by atoms with van der Waals surface area (Å²) >= 11 is 0. The van der Waals surface area contributed by atoms with Crippen molar-refractivity contribution in [1.82, 2.24) is 4.90 Å². The maximum Gasteiger partial charge on any atom is 0.309 e. The number of methoxy groups -OCH3 is 2. The molecule has 2 aliphatic heterocycles. The Labute approximate surface area is 217 Å². The van der Waals surface area contributed by atoms with Gasteiger partial charge in [0.25, 0.3) is 0 Å². The summed E-state index contributed by atoms with van der Waals surface area (Å²) in [6.45, 7) is 3.12. The average Bonchev–Trinajstić information content (AvgIpc) is 3.46. The Morgan fingerprint density at radius 1 is 1.00 bits per heavy atom. The molecule has 0 bridgehead atoms. The van der Waals surface area contributed by atoms with E-state index in [-0.39, 0.29) is 36.6 Å². The minimum Gasteiger partial charge on any atom is -0.469 e. The van der Waals surface area contributed by atoms with Crippen LogP contribution in [0.4, 0.5) is 5.69 Å². The number of ether oxygens (including phenoxy) is 2. The first-order chi connectivity index (χ1) is 17.9. The van der Waals surface area contributed by atoms with E-state index >= 15 is 0 Å². The number of hydrogen-bond acceptors (Lipinski definition) is 7. The summed E-state index contributed by atoms with van der Waals surface area (Å²) in [5.74, 6) is -0.638. The third kappa shape index (κ3) is 4.06. The summed E-state index contributed by atoms with van der Waals surface area (Å²) in [7, 11) is 2.76. The predicted molar refractivity (Wildman–Crippen MR) is 140 cm³/mol. The van der Waals surface area contributed by atoms with Gasteiger partial charge in [0.15, 0.2) is 0 Å². The SMILES string of the molecule is COC(=O)CC[C@]1(C(C)=O)CC(CC(=O)OC)=C2Nc3ccccc3[C@]23CCN(Cc2ccccc2)[C@H]13. The molecule has 1 fully saturated rings. The number of hydrogen-bond donors (Lipinski definition) is 1. The monoisotopic (exact) mass is 502 g/mol. The van der Waals surface area contributed by atoms with Crippen LogP contribution in [0.5, 0.6) is 0 Å². The van der Waals surface area contributed by atoms with E-state index in [1.54, 1.807) is 6.92 Å². The second-order valence-electron chi connectivity index (χ2n) is 10.4. The highest BCUT2D eigenvalue weighted by atomic mass is 16.5. The minimum atomic E-state index is -0.870. The van der Waals surface area contributed by atoms with Crippen LogP contribution in [-0.4, -0.2) is 49.4 Å². The van der Waals surface area contributed by atoms with Crippen LogP contribution in [0.25, 0.3) is 0 Å². The number of likely N-dealkylation sites (tertiary alicyclic amines) is 1. The van der Waals surface area contributed by atoms with Gasteiger partial charge >= 0.3 is 11.9 Å². The normalized spacial score (nSPS) is 26.1. The number of carbonyl (C=O) groups excluding carboxylic acids is 3. The van der Waals surface area contributed by atoms with Crippen molar-refractivity contribution >= 4 is 23.4 Å². The number of carbonyl (C=O) groups is 3. The van der Waals surface area contributed by atoms with Crippen molar-refractivity contribution in [2.45, 2.75) is 57.0 Å². The van der Waals surface area contributed by atoms with Gasteiger partial charge in [0, 0.05) is 42.4 Å². The molecule has 0 aromatic heterocycles. The molecule has 37 heavy (non-hydrogen) atoms. The number of nitrogens with one attached hydrogen (secondary N) is 1. The quantitative estimate of drug-likeness (QED) is 0.537. The largest absolute Gasteiger partial charge is 0.469 e. The van der Waals surface area contributed by atoms with Crippen molar-refractivity contribution in [3.05, 3.63) is 77.0 Å². The molecule has 7 nitrogen and oxygen atoms in total. The van der Waals surface area contributed by atoms with Gasteiger partial charge in [0.1, 0.15) is 5.78 Å². The van der Waals surface area contributed by atoms with Gasteiger partial charge in [-0.15, -0.1) is 0 Å². The van der Waals surface area contributed by atoms with Crippen LogP contribution in [-0.2, 0) is 35.8 Å². The van der Waals surface area contributed by atoms with E-state index in [0.29, 0.717) is 19.4 Å². The fraction of sp³-hybridized carbons (Fsp3) is 0.433. The highest BCUT2D eigenvalue weighted by Gasteiger charge is 2.66. The van der Waals surface area contributed by atoms with Crippen LogP contribution >= 0.6 is 0 Å². The van der Waals surface area contributed by atoms with Crippen LogP contribution in [0.1, 0.15) is 50.2 Å². The third-order valence-electron chi connectivity index (χ3n) is 8.66. The molecule has 0 amide bonds. The highest BCUT2D eigenvalue weighted by molar-refractivity contribution is 5.88. The van der Waals surface area contributed by atoms with Gasteiger partial charge in [0.2, 0.25) is 0 Å². The number of anilines is 1. The van der Waals surface area contributed by atoms with Crippen molar-refractivity contribution < 1.29 is 23.9 Å². The molecule has 7 heteroatoms. The fourth-order valence-corrected chi connectivity index (χ4v) is 7.12. The Balaban J connectivity index is 1.72. The Morgan fingerprint density at radius 3 is 2.41 bits per heavy atom. The zero-order valence-electron chi connectivity index (χ0n) is 21.7. The van der Waals surface area contributed by atoms with Gasteiger partial charge in [-0.05, 0) is 49.0 Å². The van der Waals surface area contributed by atoms with Gasteiger partial charge < -0.3 is 14.8 Å². The Hall–Kier alpha value is -3.45. The van der Waals surface area contributed by atoms with Crippen LogP contribution in [0.3, 0.4) is 0 Å². The first kappa shape index (κ1) is 25.2. The van der Waals surface area contributed by atoms with Gasteiger partial charge in [0.05, 0.1) is 26.1 Å². The number of esters is 2. The molecule has 2 aromatic rings. The van der Waals surface area contributed by atoms with Gasteiger partial charge in [-0.25, -0.2) is 0 Å².